The molecule has 1 heteroatoms. The van der Waals surface area contributed by atoms with E-state index in [4.69, 9.17) is 0 Å². The largest absolute Gasteiger partial charge is 0.294 e. The van der Waals surface area contributed by atoms with Crippen LogP contribution in [0.25, 0.3) is 0 Å². The van der Waals surface area contributed by atoms with E-state index in [9.17, 15) is 4.79 Å². The average molecular weight is 218 g/mol. The first-order chi connectivity index (χ1) is 7.47. The summed E-state index contributed by atoms with van der Waals surface area (Å²) in [5, 5.41) is 0. The molecule has 0 amide bonds. The van der Waals surface area contributed by atoms with Crippen molar-refractivity contribution in [2.75, 3.05) is 0 Å². The van der Waals surface area contributed by atoms with Gasteiger partial charge in [-0.2, -0.15) is 0 Å². The SMILES string of the molecule is CCCCC(C)(C)C(=O)c1cccc(C)c1. The number of rotatable bonds is 5. The molecule has 0 aliphatic heterocycles. The van der Waals surface area contributed by atoms with Crippen molar-refractivity contribution in [2.45, 2.75) is 47.0 Å². The lowest BCUT2D eigenvalue weighted by Gasteiger charge is -2.23. The zero-order valence-electron chi connectivity index (χ0n) is 10.8. The Balaban J connectivity index is 2.84. The molecular weight excluding hydrogens is 196 g/mol. The summed E-state index contributed by atoms with van der Waals surface area (Å²) in [7, 11) is 0. The predicted molar refractivity (Wildman–Crippen MR) is 68.8 cm³/mol. The normalized spacial score (nSPS) is 11.5. The molecule has 0 bridgehead atoms. The minimum Gasteiger partial charge on any atom is -0.294 e. The Kier molecular flexibility index (Phi) is 4.28. The number of aryl methyl sites for hydroxylation is 1. The van der Waals surface area contributed by atoms with Gasteiger partial charge >= 0.3 is 0 Å². The second-order valence-corrected chi connectivity index (χ2v) is 5.19. The first-order valence-corrected chi connectivity index (χ1v) is 6.09. The van der Waals surface area contributed by atoms with Crippen LogP contribution in [0.1, 0.15) is 56.0 Å². The lowest BCUT2D eigenvalue weighted by molar-refractivity contribution is 0.0823. The maximum atomic E-state index is 12.3. The number of Topliss-reactive ketones (excluding diaryl/α,β-unsaturated/α-hetero) is 1. The van der Waals surface area contributed by atoms with Crippen molar-refractivity contribution in [1.82, 2.24) is 0 Å². The van der Waals surface area contributed by atoms with Crippen molar-refractivity contribution in [1.29, 1.82) is 0 Å². The Hall–Kier alpha value is -1.11. The van der Waals surface area contributed by atoms with E-state index in [2.05, 4.69) is 6.92 Å². The summed E-state index contributed by atoms with van der Waals surface area (Å²) < 4.78 is 0. The topological polar surface area (TPSA) is 17.1 Å². The fourth-order valence-electron chi connectivity index (χ4n) is 1.91. The summed E-state index contributed by atoms with van der Waals surface area (Å²) in [6.45, 7) is 8.28. The Morgan fingerprint density at radius 3 is 2.56 bits per heavy atom. The second kappa shape index (κ2) is 5.29. The third-order valence-electron chi connectivity index (χ3n) is 3.05. The summed E-state index contributed by atoms with van der Waals surface area (Å²) in [5.41, 5.74) is 1.77. The van der Waals surface area contributed by atoms with Gasteiger partial charge in [-0.1, -0.05) is 57.4 Å². The van der Waals surface area contributed by atoms with E-state index in [1.54, 1.807) is 0 Å². The van der Waals surface area contributed by atoms with Crippen LogP contribution < -0.4 is 0 Å². The molecule has 1 aromatic rings. The third kappa shape index (κ3) is 3.19. The first-order valence-electron chi connectivity index (χ1n) is 6.09. The van der Waals surface area contributed by atoms with Crippen molar-refractivity contribution in [3.05, 3.63) is 35.4 Å². The van der Waals surface area contributed by atoms with Crippen LogP contribution in [0, 0.1) is 12.3 Å². The molecule has 1 rings (SSSR count). The molecule has 0 radical (unpaired) electrons. The highest BCUT2D eigenvalue weighted by atomic mass is 16.1. The lowest BCUT2D eigenvalue weighted by Crippen LogP contribution is -2.24. The highest BCUT2D eigenvalue weighted by Gasteiger charge is 2.27. The number of ketones is 1. The Bertz CT molecular complexity index is 363. The summed E-state index contributed by atoms with van der Waals surface area (Å²) in [6.07, 6.45) is 3.23. The summed E-state index contributed by atoms with van der Waals surface area (Å²) in [4.78, 5) is 12.3. The fraction of sp³-hybridized carbons (Fsp3) is 0.533. The van der Waals surface area contributed by atoms with Crippen LogP contribution in [0.5, 0.6) is 0 Å². The molecule has 0 aromatic heterocycles. The van der Waals surface area contributed by atoms with Crippen LogP contribution in [-0.2, 0) is 0 Å². The maximum absolute atomic E-state index is 12.3. The van der Waals surface area contributed by atoms with E-state index >= 15 is 0 Å². The molecule has 0 aliphatic rings. The molecule has 0 saturated heterocycles. The zero-order chi connectivity index (χ0) is 12.2. The Morgan fingerprint density at radius 1 is 1.31 bits per heavy atom. The minimum absolute atomic E-state index is 0.232. The van der Waals surface area contributed by atoms with Crippen molar-refractivity contribution in [3.8, 4) is 0 Å². The van der Waals surface area contributed by atoms with Crippen LogP contribution in [0.3, 0.4) is 0 Å². The molecule has 0 heterocycles. The van der Waals surface area contributed by atoms with Gasteiger partial charge in [0.25, 0.3) is 0 Å². The van der Waals surface area contributed by atoms with Gasteiger partial charge in [-0.3, -0.25) is 4.79 Å². The van der Waals surface area contributed by atoms with Gasteiger partial charge < -0.3 is 0 Å². The number of hydrogen-bond donors (Lipinski definition) is 0. The second-order valence-electron chi connectivity index (χ2n) is 5.19. The standard InChI is InChI=1S/C15H22O/c1-5-6-10-15(3,4)14(16)13-9-7-8-12(2)11-13/h7-9,11H,5-6,10H2,1-4H3. The molecular formula is C15H22O. The van der Waals surface area contributed by atoms with Crippen LogP contribution >= 0.6 is 0 Å². The van der Waals surface area contributed by atoms with E-state index < -0.39 is 0 Å². The van der Waals surface area contributed by atoms with E-state index in [1.807, 2.05) is 45.0 Å². The van der Waals surface area contributed by atoms with Gasteiger partial charge in [-0.25, -0.2) is 0 Å². The van der Waals surface area contributed by atoms with Crippen LogP contribution in [-0.4, -0.2) is 5.78 Å². The number of carbonyl (C=O) groups excluding carboxylic acids is 1. The molecule has 0 fully saturated rings. The fourth-order valence-corrected chi connectivity index (χ4v) is 1.91. The summed E-state index contributed by atoms with van der Waals surface area (Å²) >= 11 is 0. The van der Waals surface area contributed by atoms with Crippen molar-refractivity contribution < 1.29 is 4.79 Å². The molecule has 0 spiro atoms. The number of benzene rings is 1. The first kappa shape index (κ1) is 13.0. The third-order valence-corrected chi connectivity index (χ3v) is 3.05. The molecule has 1 nitrogen and oxygen atoms in total. The monoisotopic (exact) mass is 218 g/mol. The van der Waals surface area contributed by atoms with Gasteiger partial charge in [0, 0.05) is 11.0 Å². The van der Waals surface area contributed by atoms with Gasteiger partial charge in [0.05, 0.1) is 0 Å². The van der Waals surface area contributed by atoms with Crippen LogP contribution in [0.4, 0.5) is 0 Å². The quantitative estimate of drug-likeness (QED) is 0.670. The van der Waals surface area contributed by atoms with E-state index in [0.717, 1.165) is 30.4 Å². The lowest BCUT2D eigenvalue weighted by atomic mass is 9.80. The van der Waals surface area contributed by atoms with Gasteiger partial charge in [-0.15, -0.1) is 0 Å². The number of hydrogen-bond acceptors (Lipinski definition) is 1. The van der Waals surface area contributed by atoms with Crippen molar-refractivity contribution >= 4 is 5.78 Å². The highest BCUT2D eigenvalue weighted by molar-refractivity contribution is 6.00. The Morgan fingerprint density at radius 2 is 2.00 bits per heavy atom. The van der Waals surface area contributed by atoms with Crippen LogP contribution in [0.2, 0.25) is 0 Å². The molecule has 0 unspecified atom stereocenters. The minimum atomic E-state index is -0.232. The molecule has 0 atom stereocenters. The molecule has 0 N–H and O–H groups in total. The van der Waals surface area contributed by atoms with Crippen molar-refractivity contribution in [2.24, 2.45) is 5.41 Å². The molecule has 16 heavy (non-hydrogen) atoms. The molecule has 1 aromatic carbocycles. The van der Waals surface area contributed by atoms with E-state index in [0.29, 0.717) is 0 Å². The van der Waals surface area contributed by atoms with E-state index in [1.165, 1.54) is 0 Å². The summed E-state index contributed by atoms with van der Waals surface area (Å²) in [6, 6.07) is 7.88. The number of carbonyl (C=O) groups is 1. The average Bonchev–Trinajstić information content (AvgIpc) is 2.25. The zero-order valence-corrected chi connectivity index (χ0v) is 10.8. The maximum Gasteiger partial charge on any atom is 0.168 e. The molecule has 0 saturated carbocycles. The van der Waals surface area contributed by atoms with Crippen molar-refractivity contribution in [3.63, 3.8) is 0 Å². The van der Waals surface area contributed by atoms with Gasteiger partial charge in [0.15, 0.2) is 5.78 Å². The van der Waals surface area contributed by atoms with Gasteiger partial charge in [0.1, 0.15) is 0 Å². The number of unbranched alkanes of at least 4 members (excludes halogenated alkanes) is 1. The van der Waals surface area contributed by atoms with Gasteiger partial charge in [0.2, 0.25) is 0 Å². The van der Waals surface area contributed by atoms with E-state index in [-0.39, 0.29) is 11.2 Å². The predicted octanol–water partition coefficient (Wildman–Crippen LogP) is 4.39. The van der Waals surface area contributed by atoms with Crippen LogP contribution in [0.15, 0.2) is 24.3 Å². The molecule has 0 aliphatic carbocycles. The summed E-state index contributed by atoms with van der Waals surface area (Å²) in [5.74, 6) is 0.268. The Labute approximate surface area is 98.9 Å². The highest BCUT2D eigenvalue weighted by Crippen LogP contribution is 2.28. The smallest absolute Gasteiger partial charge is 0.168 e. The van der Waals surface area contributed by atoms with Gasteiger partial charge in [-0.05, 0) is 19.4 Å². The molecule has 88 valence electrons.